The van der Waals surface area contributed by atoms with Crippen LogP contribution in [-0.2, 0) is 10.6 Å². The lowest BCUT2D eigenvalue weighted by molar-refractivity contribution is 0.413. The third-order valence-electron chi connectivity index (χ3n) is 11.6. The standard InChI is InChI=1S/C47H37OP2/c1-46(2)37-25-15-27-39-43(37)48-44-38(46)26-16-28-42(44)50(31-41(34-21-11-5-12-22-34)49-45(50)35-23-13-6-14-24-35)47(39)30-36(32-17-7-3-8-18-32)29-40(47)33-19-9-4-10-20-33/h3-28,30-31,40H,29H2,1-2H3/q+1. The van der Waals surface area contributed by atoms with Gasteiger partial charge in [-0.2, -0.15) is 0 Å². The van der Waals surface area contributed by atoms with Crippen molar-refractivity contribution in [3.8, 4) is 11.5 Å². The van der Waals surface area contributed by atoms with Gasteiger partial charge in [-0.1, -0.05) is 166 Å². The molecule has 1 nitrogen and oxygen atoms in total. The van der Waals surface area contributed by atoms with E-state index in [9.17, 15) is 0 Å². The number of fused-ring (bicyclic) bond motifs is 3. The summed E-state index contributed by atoms with van der Waals surface area (Å²) in [6.07, 6.45) is 3.69. The summed E-state index contributed by atoms with van der Waals surface area (Å²) in [5, 5.41) is 3.86. The summed E-state index contributed by atoms with van der Waals surface area (Å²) in [6.45, 7) is 4.77. The SMILES string of the molecule is CC1(C)c2cccc3c2Oc2c1cccc2[P+]1(C=C(c2ccccc2)P=C1c1ccccc1)C31C=C(c2ccccc2)CC1c1ccccc1. The Balaban J connectivity index is 1.44. The molecule has 10 rings (SSSR count). The van der Waals surface area contributed by atoms with Gasteiger partial charge in [-0.05, 0) is 49.0 Å². The molecule has 3 aliphatic heterocycles. The number of ether oxygens (including phenoxy) is 1. The third kappa shape index (κ3) is 4.03. The van der Waals surface area contributed by atoms with Gasteiger partial charge in [-0.3, -0.25) is 0 Å². The van der Waals surface area contributed by atoms with E-state index in [2.05, 4.69) is 183 Å². The van der Waals surface area contributed by atoms with Crippen molar-refractivity contribution in [2.75, 3.05) is 0 Å². The summed E-state index contributed by atoms with van der Waals surface area (Å²) in [6, 6.07) is 59.0. The zero-order valence-corrected chi connectivity index (χ0v) is 30.0. The number of allylic oxidation sites excluding steroid dienone is 2. The first-order valence-corrected chi connectivity index (χ1v) is 20.4. The van der Waals surface area contributed by atoms with E-state index >= 15 is 0 Å². The van der Waals surface area contributed by atoms with Crippen molar-refractivity contribution in [1.82, 2.24) is 0 Å². The first kappa shape index (κ1) is 30.1. The number of hydrogen-bond acceptors (Lipinski definition) is 1. The number of benzene rings is 6. The van der Waals surface area contributed by atoms with E-state index in [-0.39, 0.29) is 11.3 Å². The van der Waals surface area contributed by atoms with Crippen LogP contribution in [0.15, 0.2) is 170 Å². The Morgan fingerprint density at radius 3 is 1.82 bits per heavy atom. The quantitative estimate of drug-likeness (QED) is 0.169. The normalized spacial score (nSPS) is 23.9. The molecule has 1 aliphatic carbocycles. The number of hydrogen-bond donors (Lipinski definition) is 0. The predicted octanol–water partition coefficient (Wildman–Crippen LogP) is 12.4. The van der Waals surface area contributed by atoms with Crippen molar-refractivity contribution in [3.05, 3.63) is 209 Å². The third-order valence-corrected chi connectivity index (χ3v) is 18.7. The summed E-state index contributed by atoms with van der Waals surface area (Å²) in [7, 11) is -1.26. The molecule has 3 heteroatoms. The maximum absolute atomic E-state index is 7.41. The molecular weight excluding hydrogens is 642 g/mol. The molecule has 0 amide bonds. The van der Waals surface area contributed by atoms with Crippen LogP contribution in [-0.4, -0.2) is 5.03 Å². The van der Waals surface area contributed by atoms with Crippen LogP contribution in [0.1, 0.15) is 65.1 Å². The van der Waals surface area contributed by atoms with Crippen molar-refractivity contribution >= 4 is 36.7 Å². The summed E-state index contributed by atoms with van der Waals surface area (Å²) >= 11 is 0. The lowest BCUT2D eigenvalue weighted by Crippen LogP contribution is -2.38. The highest BCUT2D eigenvalue weighted by Crippen LogP contribution is 2.88. The van der Waals surface area contributed by atoms with E-state index in [4.69, 9.17) is 4.74 Å². The highest BCUT2D eigenvalue weighted by Gasteiger charge is 2.72. The van der Waals surface area contributed by atoms with Crippen LogP contribution in [0.4, 0.5) is 0 Å². The van der Waals surface area contributed by atoms with Gasteiger partial charge in [-0.15, -0.1) is 0 Å². The van der Waals surface area contributed by atoms with Crippen molar-refractivity contribution in [2.45, 2.75) is 36.8 Å². The first-order valence-electron chi connectivity index (χ1n) is 17.6. The molecule has 2 bridgehead atoms. The molecule has 0 radical (unpaired) electrons. The van der Waals surface area contributed by atoms with Crippen LogP contribution >= 0.6 is 15.5 Å². The average Bonchev–Trinajstić information content (AvgIpc) is 3.76. The van der Waals surface area contributed by atoms with Gasteiger partial charge in [0.1, 0.15) is 28.5 Å². The highest BCUT2D eigenvalue weighted by molar-refractivity contribution is 8.10. The molecule has 0 N–H and O–H groups in total. The maximum atomic E-state index is 7.41. The van der Waals surface area contributed by atoms with Crippen LogP contribution in [0.3, 0.4) is 0 Å². The van der Waals surface area contributed by atoms with Crippen LogP contribution in [0.25, 0.3) is 10.9 Å². The smallest absolute Gasteiger partial charge is 0.174 e. The molecule has 0 saturated carbocycles. The first-order chi connectivity index (χ1) is 24.5. The summed E-state index contributed by atoms with van der Waals surface area (Å²) in [4.78, 5) is 0. The fraction of sp³-hybridized carbons (Fsp3) is 0.128. The lowest BCUT2D eigenvalue weighted by Gasteiger charge is -2.43. The van der Waals surface area contributed by atoms with Crippen molar-refractivity contribution in [2.24, 2.45) is 0 Å². The van der Waals surface area contributed by atoms with E-state index in [0.717, 1.165) is 17.9 Å². The molecule has 2 spiro atoms. The molecular formula is C47H37OP2+. The summed E-state index contributed by atoms with van der Waals surface area (Å²) < 4.78 is 7.41. The fourth-order valence-corrected chi connectivity index (χ4v) is 17.8. The van der Waals surface area contributed by atoms with Gasteiger partial charge in [0, 0.05) is 38.9 Å². The Morgan fingerprint density at radius 2 is 1.14 bits per heavy atom. The van der Waals surface area contributed by atoms with Crippen LogP contribution in [0.2, 0.25) is 0 Å². The number of rotatable bonds is 4. The fourth-order valence-electron chi connectivity index (χ4n) is 9.35. The van der Waals surface area contributed by atoms with Crippen LogP contribution in [0.5, 0.6) is 11.5 Å². The monoisotopic (exact) mass is 679 g/mol. The Kier molecular flexibility index (Phi) is 6.67. The van der Waals surface area contributed by atoms with Crippen LogP contribution < -0.4 is 10.0 Å². The summed E-state index contributed by atoms with van der Waals surface area (Å²) in [5.74, 6) is 5.09. The highest BCUT2D eigenvalue weighted by atomic mass is 31.2. The van der Waals surface area contributed by atoms with Gasteiger partial charge < -0.3 is 4.74 Å². The van der Waals surface area contributed by atoms with Crippen molar-refractivity contribution in [3.63, 3.8) is 0 Å². The van der Waals surface area contributed by atoms with Gasteiger partial charge in [0.15, 0.2) is 5.75 Å². The average molecular weight is 680 g/mol. The van der Waals surface area contributed by atoms with Crippen LogP contribution in [0, 0.1) is 0 Å². The second-order valence-electron chi connectivity index (χ2n) is 14.5. The van der Waals surface area contributed by atoms with E-state index < -0.39 is 12.4 Å². The van der Waals surface area contributed by atoms with E-state index in [1.54, 1.807) is 0 Å². The Labute approximate surface area is 297 Å². The van der Waals surface area contributed by atoms with E-state index in [0.29, 0.717) is 0 Å². The molecule has 3 atom stereocenters. The molecule has 0 saturated heterocycles. The molecule has 240 valence electrons. The van der Waals surface area contributed by atoms with Crippen molar-refractivity contribution < 1.29 is 4.74 Å². The molecule has 3 unspecified atom stereocenters. The molecule has 3 heterocycles. The van der Waals surface area contributed by atoms with Gasteiger partial charge in [-0.25, -0.2) is 0 Å². The molecule has 6 aromatic carbocycles. The van der Waals surface area contributed by atoms with E-state index in [1.807, 2.05) is 0 Å². The van der Waals surface area contributed by atoms with Gasteiger partial charge in [0.2, 0.25) is 0 Å². The molecule has 0 fully saturated rings. The minimum Gasteiger partial charge on any atom is -0.452 e. The molecule has 4 aliphatic rings. The minimum absolute atomic E-state index is 0.181. The second kappa shape index (κ2) is 11.1. The number of para-hydroxylation sites is 2. The Hall–Kier alpha value is -4.80. The molecule has 50 heavy (non-hydrogen) atoms. The largest absolute Gasteiger partial charge is 0.452 e. The minimum atomic E-state index is -2.53. The second-order valence-corrected chi connectivity index (χ2v) is 19.4. The van der Waals surface area contributed by atoms with Gasteiger partial charge >= 0.3 is 0 Å². The summed E-state index contributed by atoms with van der Waals surface area (Å²) in [5.41, 5.74) is 10.4. The van der Waals surface area contributed by atoms with E-state index in [1.165, 1.54) is 68.4 Å². The van der Waals surface area contributed by atoms with Gasteiger partial charge in [0.05, 0.1) is 5.82 Å². The zero-order valence-electron chi connectivity index (χ0n) is 28.3. The lowest BCUT2D eigenvalue weighted by atomic mass is 9.73. The van der Waals surface area contributed by atoms with Gasteiger partial charge in [0.25, 0.3) is 0 Å². The predicted molar refractivity (Wildman–Crippen MR) is 213 cm³/mol. The zero-order chi connectivity index (χ0) is 33.5. The Morgan fingerprint density at radius 1 is 0.580 bits per heavy atom. The molecule has 0 aromatic heterocycles. The molecule has 6 aromatic rings. The Bertz CT molecular complexity index is 2390. The van der Waals surface area contributed by atoms with Crippen molar-refractivity contribution in [1.29, 1.82) is 0 Å². The maximum Gasteiger partial charge on any atom is 0.174 e. The topological polar surface area (TPSA) is 9.23 Å².